The Hall–Kier alpha value is -0.650. The van der Waals surface area contributed by atoms with E-state index in [2.05, 4.69) is 10.8 Å². The van der Waals surface area contributed by atoms with Crippen molar-refractivity contribution in [3.63, 3.8) is 0 Å². The Morgan fingerprint density at radius 2 is 2.00 bits per heavy atom. The third-order valence-electron chi connectivity index (χ3n) is 4.13. The van der Waals surface area contributed by atoms with Crippen LogP contribution in [0.5, 0.6) is 0 Å². The summed E-state index contributed by atoms with van der Waals surface area (Å²) in [7, 11) is 0. The highest BCUT2D eigenvalue weighted by Crippen LogP contribution is 2.30. The van der Waals surface area contributed by atoms with Crippen molar-refractivity contribution in [2.24, 2.45) is 11.7 Å². The average Bonchev–Trinajstić information content (AvgIpc) is 2.40. The molecule has 0 radical (unpaired) electrons. The Bertz CT molecular complexity index is 267. The van der Waals surface area contributed by atoms with E-state index in [1.54, 1.807) is 0 Å². The number of hydrogen-bond donors (Lipinski definition) is 3. The van der Waals surface area contributed by atoms with E-state index in [-0.39, 0.29) is 6.61 Å². The predicted molar refractivity (Wildman–Crippen MR) is 69.7 cm³/mol. The molecule has 1 amide bonds. The van der Waals surface area contributed by atoms with Crippen molar-refractivity contribution in [2.45, 2.75) is 57.0 Å². The van der Waals surface area contributed by atoms with Gasteiger partial charge >= 0.3 is 0 Å². The number of hydrogen-bond acceptors (Lipinski definition) is 4. The van der Waals surface area contributed by atoms with Crippen LogP contribution in [-0.4, -0.2) is 31.1 Å². The molecule has 104 valence electrons. The van der Waals surface area contributed by atoms with Gasteiger partial charge in [-0.05, 0) is 38.1 Å². The molecule has 0 aromatic carbocycles. The Kier molecular flexibility index (Phi) is 5.41. The lowest BCUT2D eigenvalue weighted by molar-refractivity contribution is -0.127. The number of carbonyl (C=O) groups is 1. The summed E-state index contributed by atoms with van der Waals surface area (Å²) < 4.78 is 0. The van der Waals surface area contributed by atoms with E-state index in [0.717, 1.165) is 13.0 Å². The summed E-state index contributed by atoms with van der Waals surface area (Å²) >= 11 is 0. The van der Waals surface area contributed by atoms with E-state index in [4.69, 9.17) is 10.6 Å². The van der Waals surface area contributed by atoms with Crippen molar-refractivity contribution in [3.05, 3.63) is 0 Å². The lowest BCUT2D eigenvalue weighted by Crippen LogP contribution is -2.50. The Morgan fingerprint density at radius 1 is 1.22 bits per heavy atom. The van der Waals surface area contributed by atoms with Crippen molar-refractivity contribution in [1.82, 2.24) is 10.8 Å². The second-order valence-corrected chi connectivity index (χ2v) is 5.48. The van der Waals surface area contributed by atoms with Crippen molar-refractivity contribution >= 4 is 5.91 Å². The minimum Gasteiger partial charge on any atom is -0.368 e. The minimum absolute atomic E-state index is 0.0404. The fourth-order valence-corrected chi connectivity index (χ4v) is 3.25. The molecule has 4 N–H and O–H groups in total. The molecule has 1 saturated heterocycles. The van der Waals surface area contributed by atoms with E-state index in [1.165, 1.54) is 38.5 Å². The first-order valence-electron chi connectivity index (χ1n) is 7.16. The normalized spacial score (nSPS) is 33.2. The molecule has 1 aliphatic heterocycles. The van der Waals surface area contributed by atoms with Gasteiger partial charge < -0.3 is 11.1 Å². The van der Waals surface area contributed by atoms with Crippen LogP contribution in [0, 0.1) is 5.92 Å². The van der Waals surface area contributed by atoms with Gasteiger partial charge in [0.05, 0.1) is 0 Å². The maximum Gasteiger partial charge on any atom is 0.245 e. The van der Waals surface area contributed by atoms with Crippen molar-refractivity contribution in [2.75, 3.05) is 13.2 Å². The Balaban J connectivity index is 1.82. The zero-order valence-corrected chi connectivity index (χ0v) is 11.0. The van der Waals surface area contributed by atoms with Crippen molar-refractivity contribution in [1.29, 1.82) is 0 Å². The third kappa shape index (κ3) is 3.93. The Morgan fingerprint density at radius 3 is 2.72 bits per heavy atom. The fraction of sp³-hybridized carbons (Fsp3) is 0.923. The summed E-state index contributed by atoms with van der Waals surface area (Å²) in [5.41, 5.74) is 8.13. The quantitative estimate of drug-likeness (QED) is 0.632. The zero-order valence-electron chi connectivity index (χ0n) is 11.0. The van der Waals surface area contributed by atoms with Gasteiger partial charge in [0.1, 0.15) is 6.61 Å². The van der Waals surface area contributed by atoms with E-state index in [9.17, 15) is 4.79 Å². The zero-order chi connectivity index (χ0) is 12.8. The molecule has 0 spiro atoms. The second kappa shape index (κ2) is 7.07. The molecule has 2 aliphatic rings. The molecule has 1 saturated carbocycles. The SMILES string of the molecule is NC(=O)CONC1CCCCC1C1CCCCN1. The molecule has 1 heterocycles. The number of piperidine rings is 1. The van der Waals surface area contributed by atoms with Crippen LogP contribution in [0.15, 0.2) is 0 Å². The van der Waals surface area contributed by atoms with Gasteiger partial charge in [0, 0.05) is 12.1 Å². The number of primary amides is 1. The van der Waals surface area contributed by atoms with E-state index >= 15 is 0 Å². The van der Waals surface area contributed by atoms with Gasteiger partial charge in [-0.2, -0.15) is 5.48 Å². The molecule has 2 fully saturated rings. The molecule has 0 aromatic heterocycles. The molecule has 0 bridgehead atoms. The van der Waals surface area contributed by atoms with Gasteiger partial charge in [-0.15, -0.1) is 0 Å². The smallest absolute Gasteiger partial charge is 0.245 e. The van der Waals surface area contributed by atoms with Crippen LogP contribution in [0.2, 0.25) is 0 Å². The van der Waals surface area contributed by atoms with Crippen LogP contribution < -0.4 is 16.5 Å². The first kappa shape index (κ1) is 13.8. The molecule has 0 aromatic rings. The van der Waals surface area contributed by atoms with Gasteiger partial charge in [0.15, 0.2) is 0 Å². The number of amides is 1. The van der Waals surface area contributed by atoms with Crippen molar-refractivity contribution in [3.8, 4) is 0 Å². The number of rotatable bonds is 5. The van der Waals surface area contributed by atoms with Crippen LogP contribution in [0.4, 0.5) is 0 Å². The molecular formula is C13H25N3O2. The number of carbonyl (C=O) groups excluding carboxylic acids is 1. The maximum absolute atomic E-state index is 10.7. The molecule has 5 nitrogen and oxygen atoms in total. The van der Waals surface area contributed by atoms with Gasteiger partial charge in [-0.25, -0.2) is 0 Å². The van der Waals surface area contributed by atoms with Crippen LogP contribution >= 0.6 is 0 Å². The summed E-state index contributed by atoms with van der Waals surface area (Å²) in [5.74, 6) is 0.192. The summed E-state index contributed by atoms with van der Waals surface area (Å²) in [4.78, 5) is 15.9. The molecule has 3 unspecified atom stereocenters. The first-order valence-corrected chi connectivity index (χ1v) is 7.16. The first-order chi connectivity index (χ1) is 8.77. The highest BCUT2D eigenvalue weighted by atomic mass is 16.6. The monoisotopic (exact) mass is 255 g/mol. The maximum atomic E-state index is 10.7. The van der Waals surface area contributed by atoms with Crippen molar-refractivity contribution < 1.29 is 9.63 Å². The van der Waals surface area contributed by atoms with Gasteiger partial charge in [0.2, 0.25) is 5.91 Å². The lowest BCUT2D eigenvalue weighted by atomic mass is 9.77. The number of nitrogens with two attached hydrogens (primary N) is 1. The van der Waals surface area contributed by atoms with Crippen LogP contribution in [0.3, 0.4) is 0 Å². The van der Waals surface area contributed by atoms with Gasteiger partial charge in [-0.1, -0.05) is 19.3 Å². The molecule has 3 atom stereocenters. The second-order valence-electron chi connectivity index (χ2n) is 5.48. The highest BCUT2D eigenvalue weighted by molar-refractivity contribution is 5.74. The van der Waals surface area contributed by atoms with Crippen LogP contribution in [0.1, 0.15) is 44.9 Å². The van der Waals surface area contributed by atoms with Crippen LogP contribution in [-0.2, 0) is 9.63 Å². The third-order valence-corrected chi connectivity index (χ3v) is 4.13. The van der Waals surface area contributed by atoms with E-state index < -0.39 is 5.91 Å². The van der Waals surface area contributed by atoms with Gasteiger partial charge in [0.25, 0.3) is 0 Å². The molecular weight excluding hydrogens is 230 g/mol. The molecule has 18 heavy (non-hydrogen) atoms. The summed E-state index contributed by atoms with van der Waals surface area (Å²) in [6.07, 6.45) is 8.79. The standard InChI is InChI=1S/C13H25N3O2/c14-13(17)9-18-16-12-7-2-1-5-10(12)11-6-3-4-8-15-11/h10-12,15-16H,1-9H2,(H2,14,17). The van der Waals surface area contributed by atoms with E-state index in [1.807, 2.05) is 0 Å². The number of nitrogens with one attached hydrogen (secondary N) is 2. The summed E-state index contributed by atoms with van der Waals surface area (Å²) in [5, 5.41) is 3.63. The Labute approximate surface area is 109 Å². The average molecular weight is 255 g/mol. The predicted octanol–water partition coefficient (Wildman–Crippen LogP) is 0.694. The lowest BCUT2D eigenvalue weighted by Gasteiger charge is -2.39. The van der Waals surface area contributed by atoms with E-state index in [0.29, 0.717) is 18.0 Å². The molecule has 2 rings (SSSR count). The molecule has 5 heteroatoms. The minimum atomic E-state index is -0.425. The summed E-state index contributed by atoms with van der Waals surface area (Å²) in [6.45, 7) is 1.09. The topological polar surface area (TPSA) is 76.4 Å². The fourth-order valence-electron chi connectivity index (χ4n) is 3.25. The largest absolute Gasteiger partial charge is 0.368 e. The van der Waals surface area contributed by atoms with Crippen LogP contribution in [0.25, 0.3) is 0 Å². The highest BCUT2D eigenvalue weighted by Gasteiger charge is 2.32. The van der Waals surface area contributed by atoms with Gasteiger partial charge in [-0.3, -0.25) is 9.63 Å². The number of hydroxylamine groups is 1. The molecule has 1 aliphatic carbocycles. The summed E-state index contributed by atoms with van der Waals surface area (Å²) in [6, 6.07) is 0.961.